The van der Waals surface area contributed by atoms with Gasteiger partial charge in [-0.25, -0.2) is 0 Å². The Hall–Kier alpha value is -3.79. The number of fused-ring (bicyclic) bond motifs is 1. The van der Waals surface area contributed by atoms with Gasteiger partial charge in [-0.2, -0.15) is 0 Å². The second kappa shape index (κ2) is 21.0. The maximum absolute atomic E-state index is 13.4. The molecule has 1 spiro atoms. The summed E-state index contributed by atoms with van der Waals surface area (Å²) in [4.78, 5) is 47.1. The number of anilines is 1. The predicted molar refractivity (Wildman–Crippen MR) is 239 cm³/mol. The first kappa shape index (κ1) is 45.8. The Labute approximate surface area is 373 Å². The summed E-state index contributed by atoms with van der Waals surface area (Å²) in [7, 11) is 0. The Morgan fingerprint density at radius 1 is 0.889 bits per heavy atom. The van der Waals surface area contributed by atoms with Gasteiger partial charge in [0.1, 0.15) is 17.5 Å². The average molecular weight is 874 g/mol. The van der Waals surface area contributed by atoms with Crippen LogP contribution in [0, 0.1) is 0 Å². The second-order valence-electron chi connectivity index (χ2n) is 19.4. The molecule has 0 radical (unpaired) electrons. The lowest BCUT2D eigenvalue weighted by Gasteiger charge is -2.47. The second-order valence-corrected chi connectivity index (χ2v) is 19.4. The van der Waals surface area contributed by atoms with E-state index in [1.54, 1.807) is 6.07 Å². The molecule has 4 N–H and O–H groups in total. The molecule has 2 aliphatic carbocycles. The number of nitrogens with zero attached hydrogens (tertiary/aromatic N) is 4. The Morgan fingerprint density at radius 3 is 2.43 bits per heavy atom. The number of carbonyl (C=O) groups excluding carboxylic acids is 2. The predicted octanol–water partition coefficient (Wildman–Crippen LogP) is 5.36. The minimum atomic E-state index is -0.862. The van der Waals surface area contributed by atoms with Crippen molar-refractivity contribution in [1.29, 1.82) is 0 Å². The minimum absolute atomic E-state index is 0.00578. The van der Waals surface area contributed by atoms with E-state index < -0.39 is 17.6 Å². The van der Waals surface area contributed by atoms with Crippen molar-refractivity contribution in [2.45, 2.75) is 145 Å². The first-order valence-electron chi connectivity index (χ1n) is 24.1. The maximum atomic E-state index is 13.4. The van der Waals surface area contributed by atoms with Crippen LogP contribution in [0.2, 0.25) is 0 Å². The number of phenolic OH excluding ortho intramolecular Hbond substituents is 1. The van der Waals surface area contributed by atoms with Crippen LogP contribution in [-0.4, -0.2) is 154 Å². The third-order valence-electron chi connectivity index (χ3n) is 15.0. The van der Waals surface area contributed by atoms with Crippen LogP contribution in [0.5, 0.6) is 11.5 Å². The van der Waals surface area contributed by atoms with E-state index in [4.69, 9.17) is 14.2 Å². The van der Waals surface area contributed by atoms with Gasteiger partial charge in [0.25, 0.3) is 5.91 Å². The molecule has 3 saturated heterocycles. The molecule has 2 aromatic rings. The van der Waals surface area contributed by atoms with Crippen molar-refractivity contribution in [1.82, 2.24) is 19.6 Å². The van der Waals surface area contributed by atoms with E-state index in [-0.39, 0.29) is 42.3 Å². The van der Waals surface area contributed by atoms with Crippen LogP contribution < -0.4 is 10.1 Å². The third-order valence-corrected chi connectivity index (χ3v) is 15.0. The van der Waals surface area contributed by atoms with Crippen molar-refractivity contribution in [3.63, 3.8) is 0 Å². The highest BCUT2D eigenvalue weighted by atomic mass is 16.5. The van der Waals surface area contributed by atoms with E-state index in [1.165, 1.54) is 30.4 Å². The average Bonchev–Trinajstić information content (AvgIpc) is 3.57. The van der Waals surface area contributed by atoms with Crippen molar-refractivity contribution in [3.05, 3.63) is 53.1 Å². The number of benzene rings is 2. The summed E-state index contributed by atoms with van der Waals surface area (Å²) in [6.07, 6.45) is 15.2. The van der Waals surface area contributed by atoms with Crippen molar-refractivity contribution < 1.29 is 43.9 Å². The van der Waals surface area contributed by atoms with Crippen molar-refractivity contribution in [2.24, 2.45) is 0 Å². The van der Waals surface area contributed by atoms with Gasteiger partial charge < -0.3 is 39.7 Å². The Balaban J connectivity index is 0.793. The number of phenols is 1. The Kier molecular flexibility index (Phi) is 15.3. The van der Waals surface area contributed by atoms with Gasteiger partial charge in [-0.15, -0.1) is 0 Å². The minimum Gasteiger partial charge on any atom is -0.506 e. The van der Waals surface area contributed by atoms with E-state index in [0.29, 0.717) is 76.1 Å². The van der Waals surface area contributed by atoms with Crippen LogP contribution in [0.25, 0.3) is 0 Å². The number of amides is 2. The highest BCUT2D eigenvalue weighted by Gasteiger charge is 2.43. The summed E-state index contributed by atoms with van der Waals surface area (Å²) in [5, 5.41) is 34.7. The molecule has 2 aromatic carbocycles. The number of hydrogen-bond acceptors (Lipinski definition) is 11. The highest BCUT2D eigenvalue weighted by molar-refractivity contribution is 5.97. The van der Waals surface area contributed by atoms with Crippen LogP contribution in [0.3, 0.4) is 0 Å². The van der Waals surface area contributed by atoms with E-state index in [0.717, 1.165) is 102 Å². The van der Waals surface area contributed by atoms with Crippen molar-refractivity contribution >= 4 is 23.5 Å². The fraction of sp³-hybridized carbons (Fsp3) is 0.694. The van der Waals surface area contributed by atoms with Crippen molar-refractivity contribution in [2.75, 3.05) is 77.5 Å². The normalized spacial score (nSPS) is 24.5. The standard InChI is InChI=1S/C49H71N5O9/c55-40-14-13-38(46-44(40)50-42(56)34-62-46)15-22-52(39-11-4-3-5-12-39)26-27-53-23-16-41(45(53)47(58)59)61-29-17-36-9-8-10-37(31-36)33-51-24-20-49(21-25-51)35-54(28-30-63-49)43(57)32-48(60)18-6-1-2-7-19-48/h8-10,13-14,31,39,41,45,55,60H,1-7,11-12,15-30,32-35H2,(H,50,56)(H,58,59)/t41?,45-/m0/s1. The maximum Gasteiger partial charge on any atom is 0.323 e. The SMILES string of the molecule is O=C1COc2c(CCN(CCN3CCC(OCCc4cccc(CN5CCC6(CC5)CN(C(=O)CC5(O)CCCCCC5)CCO6)c4)[C@H]3C(=O)O)C3CCCCC3)ccc(O)c2N1. The fourth-order valence-corrected chi connectivity index (χ4v) is 11.3. The molecule has 4 heterocycles. The van der Waals surface area contributed by atoms with E-state index in [2.05, 4.69) is 44.3 Å². The quantitative estimate of drug-likeness (QED) is 0.126. The molecule has 5 fully saturated rings. The fourth-order valence-electron chi connectivity index (χ4n) is 11.3. The number of aromatic hydroxyl groups is 1. The number of aliphatic carboxylic acids is 1. The van der Waals surface area contributed by atoms with Crippen LogP contribution in [0.1, 0.15) is 113 Å². The Bertz CT molecular complexity index is 1870. The molecule has 6 aliphatic rings. The number of likely N-dealkylation sites (tertiary alicyclic amines) is 2. The zero-order valence-electron chi connectivity index (χ0n) is 37.3. The summed E-state index contributed by atoms with van der Waals surface area (Å²) in [5.74, 6) is -0.527. The molecule has 14 nitrogen and oxygen atoms in total. The summed E-state index contributed by atoms with van der Waals surface area (Å²) < 4.78 is 18.5. The van der Waals surface area contributed by atoms with Gasteiger partial charge in [-0.3, -0.25) is 29.1 Å². The first-order valence-corrected chi connectivity index (χ1v) is 24.1. The largest absolute Gasteiger partial charge is 0.506 e. The molecular formula is C49H71N5O9. The lowest BCUT2D eigenvalue weighted by molar-refractivity contribution is -0.163. The van der Waals surface area contributed by atoms with Gasteiger partial charge in [0, 0.05) is 64.9 Å². The number of carbonyl (C=O) groups is 3. The first-order chi connectivity index (χ1) is 30.6. The molecule has 1 unspecified atom stereocenters. The van der Waals surface area contributed by atoms with E-state index in [1.807, 2.05) is 11.0 Å². The van der Waals surface area contributed by atoms with Gasteiger partial charge >= 0.3 is 5.97 Å². The molecule has 4 aliphatic heterocycles. The summed E-state index contributed by atoms with van der Waals surface area (Å²) in [6.45, 7) is 7.57. The number of ether oxygens (including phenoxy) is 3. The van der Waals surface area contributed by atoms with Gasteiger partial charge in [-0.05, 0) is 80.5 Å². The zero-order valence-corrected chi connectivity index (χ0v) is 37.3. The van der Waals surface area contributed by atoms with E-state index >= 15 is 0 Å². The number of piperidine rings is 1. The van der Waals surface area contributed by atoms with Crippen LogP contribution in [-0.2, 0) is 43.2 Å². The molecule has 2 saturated carbocycles. The molecule has 346 valence electrons. The zero-order chi connectivity index (χ0) is 43.8. The van der Waals surface area contributed by atoms with Crippen molar-refractivity contribution in [3.8, 4) is 11.5 Å². The van der Waals surface area contributed by atoms with Gasteiger partial charge in [0.2, 0.25) is 5.91 Å². The summed E-state index contributed by atoms with van der Waals surface area (Å²) >= 11 is 0. The molecular weight excluding hydrogens is 803 g/mol. The topological polar surface area (TPSA) is 165 Å². The van der Waals surface area contributed by atoms with Crippen LogP contribution >= 0.6 is 0 Å². The van der Waals surface area contributed by atoms with Gasteiger partial charge in [-0.1, -0.05) is 75.3 Å². The third kappa shape index (κ3) is 11.7. The van der Waals surface area contributed by atoms with Crippen LogP contribution in [0.4, 0.5) is 5.69 Å². The monoisotopic (exact) mass is 874 g/mol. The van der Waals surface area contributed by atoms with E-state index in [9.17, 15) is 29.7 Å². The molecule has 63 heavy (non-hydrogen) atoms. The summed E-state index contributed by atoms with van der Waals surface area (Å²) in [5.41, 5.74) is 2.50. The number of aliphatic hydroxyl groups is 1. The summed E-state index contributed by atoms with van der Waals surface area (Å²) in [6, 6.07) is 11.8. The molecule has 2 amide bonds. The molecule has 0 aromatic heterocycles. The lowest BCUT2D eigenvalue weighted by atomic mass is 9.87. The highest BCUT2D eigenvalue weighted by Crippen LogP contribution is 2.40. The molecule has 2 atom stereocenters. The molecule has 14 heteroatoms. The number of morpholine rings is 1. The van der Waals surface area contributed by atoms with Gasteiger partial charge in [0.05, 0.1) is 36.9 Å². The number of carboxylic acids is 1. The Morgan fingerprint density at radius 2 is 1.65 bits per heavy atom. The number of hydrogen-bond donors (Lipinski definition) is 4. The number of nitrogens with one attached hydrogen (secondary N) is 1. The smallest absolute Gasteiger partial charge is 0.323 e. The number of carboxylic acid groups (broad SMARTS) is 1. The van der Waals surface area contributed by atoms with Crippen LogP contribution in [0.15, 0.2) is 36.4 Å². The molecule has 0 bridgehead atoms. The lowest BCUT2D eigenvalue weighted by Crippen LogP contribution is -2.58. The van der Waals surface area contributed by atoms with Gasteiger partial charge in [0.15, 0.2) is 12.4 Å². The number of rotatable bonds is 16. The molecule has 8 rings (SSSR count).